The van der Waals surface area contributed by atoms with Crippen molar-refractivity contribution in [3.05, 3.63) is 36.0 Å². The average molecular weight is 248 g/mol. The maximum absolute atomic E-state index is 11.6. The molecule has 3 N–H and O–H groups in total. The molecular formula is C11H12N4OS. The Balaban J connectivity index is 1.86. The summed E-state index contributed by atoms with van der Waals surface area (Å²) in [6, 6.07) is 7.55. The highest BCUT2D eigenvalue weighted by Crippen LogP contribution is 2.14. The van der Waals surface area contributed by atoms with Gasteiger partial charge in [0.15, 0.2) is 0 Å². The van der Waals surface area contributed by atoms with Crippen LogP contribution in [0.2, 0.25) is 0 Å². The van der Waals surface area contributed by atoms with Gasteiger partial charge in [0.25, 0.3) is 0 Å². The van der Waals surface area contributed by atoms with Crippen molar-refractivity contribution in [2.24, 2.45) is 0 Å². The van der Waals surface area contributed by atoms with Crippen molar-refractivity contribution in [3.63, 3.8) is 0 Å². The molecule has 0 saturated heterocycles. The van der Waals surface area contributed by atoms with Gasteiger partial charge in [-0.05, 0) is 18.1 Å². The van der Waals surface area contributed by atoms with Gasteiger partial charge in [-0.3, -0.25) is 4.79 Å². The summed E-state index contributed by atoms with van der Waals surface area (Å²) in [5.74, 6) is -0.0562. The van der Waals surface area contributed by atoms with Crippen LogP contribution >= 0.6 is 11.5 Å². The quantitative estimate of drug-likeness (QED) is 0.807. The molecule has 2 rings (SSSR count). The number of nitrogens with one attached hydrogen (secondary N) is 1. The average Bonchev–Trinajstić information content (AvgIpc) is 2.81. The highest BCUT2D eigenvalue weighted by molar-refractivity contribution is 7.10. The lowest BCUT2D eigenvalue weighted by Gasteiger charge is -2.04. The number of amides is 1. The fourth-order valence-electron chi connectivity index (χ4n) is 1.43. The molecule has 0 aliphatic carbocycles. The molecule has 0 fully saturated rings. The van der Waals surface area contributed by atoms with E-state index in [0.717, 1.165) is 22.8 Å². The summed E-state index contributed by atoms with van der Waals surface area (Å²) in [7, 11) is 0. The number of nitrogens with two attached hydrogens (primary N) is 1. The molecule has 17 heavy (non-hydrogen) atoms. The van der Waals surface area contributed by atoms with Crippen molar-refractivity contribution in [2.45, 2.75) is 12.8 Å². The maximum atomic E-state index is 11.6. The summed E-state index contributed by atoms with van der Waals surface area (Å²) in [6.07, 6.45) is 2.55. The summed E-state index contributed by atoms with van der Waals surface area (Å²) in [4.78, 5) is 11.6. The highest BCUT2D eigenvalue weighted by atomic mass is 32.1. The molecule has 88 valence electrons. The minimum absolute atomic E-state index is 0.0562. The van der Waals surface area contributed by atoms with Crippen LogP contribution in [0.15, 0.2) is 30.5 Å². The summed E-state index contributed by atoms with van der Waals surface area (Å²) in [5, 5.41) is 7.03. The number of carbonyl (C=O) groups is 1. The Kier molecular flexibility index (Phi) is 3.66. The van der Waals surface area contributed by atoms with Crippen LogP contribution in [0.25, 0.3) is 0 Å². The first-order valence-corrected chi connectivity index (χ1v) is 5.93. The van der Waals surface area contributed by atoms with E-state index in [1.54, 1.807) is 0 Å². The lowest BCUT2D eigenvalue weighted by atomic mass is 10.1. The number of rotatable bonds is 4. The van der Waals surface area contributed by atoms with Gasteiger partial charge in [0.1, 0.15) is 5.00 Å². The second-order valence-electron chi connectivity index (χ2n) is 3.53. The molecule has 6 heteroatoms. The third-order valence-corrected chi connectivity index (χ3v) is 2.88. The van der Waals surface area contributed by atoms with Gasteiger partial charge in [0.05, 0.1) is 6.20 Å². The first-order chi connectivity index (χ1) is 8.25. The maximum Gasteiger partial charge on any atom is 0.225 e. The predicted octanol–water partition coefficient (Wildman–Crippen LogP) is 1.69. The Labute approximate surface area is 103 Å². The van der Waals surface area contributed by atoms with Crippen molar-refractivity contribution in [2.75, 3.05) is 11.1 Å². The fourth-order valence-corrected chi connectivity index (χ4v) is 1.87. The molecule has 0 atom stereocenters. The largest absolute Gasteiger partial charge is 0.399 e. The van der Waals surface area contributed by atoms with Gasteiger partial charge in [-0.25, -0.2) is 0 Å². The van der Waals surface area contributed by atoms with Gasteiger partial charge in [-0.2, -0.15) is 0 Å². The Morgan fingerprint density at radius 1 is 1.41 bits per heavy atom. The second kappa shape index (κ2) is 5.40. The molecule has 1 aromatic heterocycles. The minimum atomic E-state index is -0.0562. The molecule has 5 nitrogen and oxygen atoms in total. The number of hydrogen-bond acceptors (Lipinski definition) is 5. The molecule has 0 radical (unpaired) electrons. The molecule has 0 aliphatic heterocycles. The van der Waals surface area contributed by atoms with E-state index in [9.17, 15) is 4.79 Å². The second-order valence-corrected chi connectivity index (χ2v) is 4.31. The first-order valence-electron chi connectivity index (χ1n) is 5.16. The van der Waals surface area contributed by atoms with Crippen LogP contribution in [0, 0.1) is 0 Å². The van der Waals surface area contributed by atoms with Crippen molar-refractivity contribution < 1.29 is 4.79 Å². The van der Waals surface area contributed by atoms with Crippen LogP contribution < -0.4 is 11.1 Å². The third kappa shape index (κ3) is 3.25. The zero-order valence-electron chi connectivity index (χ0n) is 9.09. The molecule has 0 aliphatic rings. The Morgan fingerprint density at radius 3 is 2.94 bits per heavy atom. The van der Waals surface area contributed by atoms with Crippen molar-refractivity contribution in [1.82, 2.24) is 9.59 Å². The van der Waals surface area contributed by atoms with E-state index < -0.39 is 0 Å². The topological polar surface area (TPSA) is 80.9 Å². The van der Waals surface area contributed by atoms with Crippen molar-refractivity contribution in [3.8, 4) is 0 Å². The zero-order valence-corrected chi connectivity index (χ0v) is 9.91. The van der Waals surface area contributed by atoms with E-state index in [0.29, 0.717) is 17.8 Å². The van der Waals surface area contributed by atoms with Crippen LogP contribution in [0.1, 0.15) is 12.0 Å². The monoisotopic (exact) mass is 248 g/mol. The number of hydrogen-bond donors (Lipinski definition) is 2. The molecule has 1 aromatic carbocycles. The van der Waals surface area contributed by atoms with E-state index in [1.165, 1.54) is 6.20 Å². The van der Waals surface area contributed by atoms with Gasteiger partial charge < -0.3 is 11.1 Å². The van der Waals surface area contributed by atoms with Gasteiger partial charge in [-0.15, -0.1) is 5.10 Å². The van der Waals surface area contributed by atoms with Crippen LogP contribution in [-0.2, 0) is 11.2 Å². The van der Waals surface area contributed by atoms with E-state index >= 15 is 0 Å². The minimum Gasteiger partial charge on any atom is -0.399 e. The highest BCUT2D eigenvalue weighted by Gasteiger charge is 2.05. The summed E-state index contributed by atoms with van der Waals surface area (Å²) < 4.78 is 3.66. The van der Waals surface area contributed by atoms with Crippen LogP contribution in [0.4, 0.5) is 10.7 Å². The number of para-hydroxylation sites is 1. The van der Waals surface area contributed by atoms with Gasteiger partial charge in [-0.1, -0.05) is 22.7 Å². The summed E-state index contributed by atoms with van der Waals surface area (Å²) in [5.41, 5.74) is 7.51. The molecule has 0 unspecified atom stereocenters. The van der Waals surface area contributed by atoms with Gasteiger partial charge in [0, 0.05) is 23.6 Å². The van der Waals surface area contributed by atoms with E-state index in [1.807, 2.05) is 24.3 Å². The molecule has 0 bridgehead atoms. The van der Waals surface area contributed by atoms with Gasteiger partial charge >= 0.3 is 0 Å². The Morgan fingerprint density at radius 2 is 2.24 bits per heavy atom. The number of anilines is 2. The van der Waals surface area contributed by atoms with Crippen molar-refractivity contribution >= 4 is 28.1 Å². The number of benzene rings is 1. The van der Waals surface area contributed by atoms with Crippen LogP contribution in [0.3, 0.4) is 0 Å². The zero-order chi connectivity index (χ0) is 12.1. The summed E-state index contributed by atoms with van der Waals surface area (Å²) in [6.45, 7) is 0. The third-order valence-electron chi connectivity index (χ3n) is 2.30. The Hall–Kier alpha value is -1.95. The molecule has 1 amide bonds. The Bertz CT molecular complexity index is 498. The lowest BCUT2D eigenvalue weighted by Crippen LogP contribution is -2.11. The number of carbonyl (C=O) groups excluding carboxylic acids is 1. The molecule has 1 heterocycles. The van der Waals surface area contributed by atoms with E-state index in [-0.39, 0.29) is 5.91 Å². The fraction of sp³-hybridized carbons (Fsp3) is 0.182. The SMILES string of the molecule is Nc1ccccc1CCC(=O)Nc1cnns1. The number of nitrogen functional groups attached to an aromatic ring is 1. The smallest absolute Gasteiger partial charge is 0.225 e. The number of nitrogens with zero attached hydrogens (tertiary/aromatic N) is 2. The molecule has 0 spiro atoms. The van der Waals surface area contributed by atoms with Crippen LogP contribution in [0.5, 0.6) is 0 Å². The van der Waals surface area contributed by atoms with Crippen molar-refractivity contribution in [1.29, 1.82) is 0 Å². The standard InChI is InChI=1S/C11H12N4OS/c12-9-4-2-1-3-8(9)5-6-10(16)14-11-7-13-15-17-11/h1-4,7H,5-6,12H2,(H,14,16). The van der Waals surface area contributed by atoms with Gasteiger partial charge in [0.2, 0.25) is 5.91 Å². The first kappa shape index (κ1) is 11.5. The molecular weight excluding hydrogens is 236 g/mol. The normalized spacial score (nSPS) is 10.1. The van der Waals surface area contributed by atoms with E-state index in [4.69, 9.17) is 5.73 Å². The predicted molar refractivity (Wildman–Crippen MR) is 67.7 cm³/mol. The molecule has 2 aromatic rings. The molecule has 0 saturated carbocycles. The number of aryl methyl sites for hydroxylation is 1. The summed E-state index contributed by atoms with van der Waals surface area (Å²) >= 11 is 1.16. The lowest BCUT2D eigenvalue weighted by molar-refractivity contribution is -0.116. The van der Waals surface area contributed by atoms with E-state index in [2.05, 4.69) is 14.9 Å². The van der Waals surface area contributed by atoms with Crippen LogP contribution in [-0.4, -0.2) is 15.5 Å². The number of aromatic nitrogens is 2.